The van der Waals surface area contributed by atoms with Crippen molar-refractivity contribution < 1.29 is 13.2 Å². The molecule has 0 saturated heterocycles. The normalized spacial score (nSPS) is 12.0. The van der Waals surface area contributed by atoms with Crippen LogP contribution in [-0.2, 0) is 6.18 Å². The van der Waals surface area contributed by atoms with Gasteiger partial charge in [-0.25, -0.2) is 4.98 Å². The van der Waals surface area contributed by atoms with Crippen LogP contribution >= 0.6 is 31.9 Å². The van der Waals surface area contributed by atoms with Gasteiger partial charge in [0.25, 0.3) is 0 Å². The Labute approximate surface area is 137 Å². The third-order valence-electron chi connectivity index (χ3n) is 3.10. The van der Waals surface area contributed by atoms with Crippen LogP contribution in [0.1, 0.15) is 24.6 Å². The van der Waals surface area contributed by atoms with E-state index in [2.05, 4.69) is 42.2 Å². The smallest absolute Gasteiger partial charge is 0.384 e. The molecule has 1 aromatic carbocycles. The number of pyridine rings is 1. The van der Waals surface area contributed by atoms with Gasteiger partial charge in [-0.15, -0.1) is 0 Å². The first-order valence-electron chi connectivity index (χ1n) is 6.36. The van der Waals surface area contributed by atoms with Crippen LogP contribution in [0.5, 0.6) is 0 Å². The van der Waals surface area contributed by atoms with Crippen LogP contribution in [0.15, 0.2) is 21.1 Å². The molecular weight excluding hydrogens is 413 g/mol. The predicted octanol–water partition coefficient (Wildman–Crippen LogP) is 5.91. The van der Waals surface area contributed by atoms with Crippen molar-refractivity contribution >= 4 is 48.5 Å². The summed E-state index contributed by atoms with van der Waals surface area (Å²) in [4.78, 5) is 3.83. The lowest BCUT2D eigenvalue weighted by atomic mass is 10.1. The van der Waals surface area contributed by atoms with Gasteiger partial charge in [-0.1, -0.05) is 22.9 Å². The highest BCUT2D eigenvalue weighted by atomic mass is 79.9. The fourth-order valence-electron chi connectivity index (χ4n) is 2.14. The summed E-state index contributed by atoms with van der Waals surface area (Å²) >= 11 is 6.68. The zero-order valence-corrected chi connectivity index (χ0v) is 14.6. The highest BCUT2D eigenvalue weighted by Gasteiger charge is 2.36. The number of aromatic nitrogens is 1. The maximum Gasteiger partial charge on any atom is 0.433 e. The average Bonchev–Trinajstić information content (AvgIpc) is 2.40. The standard InChI is InChI=1S/C14H13Br2F3N2/c1-3-6-20-11-7(2)13(14(17,18)19)21-12-9(16)5-4-8(15)10(11)12/h4-5H,3,6H2,1-2H3,(H,20,21). The molecule has 0 bridgehead atoms. The second-order valence-electron chi connectivity index (χ2n) is 4.64. The van der Waals surface area contributed by atoms with Gasteiger partial charge in [-0.2, -0.15) is 13.2 Å². The minimum absolute atomic E-state index is 0.113. The summed E-state index contributed by atoms with van der Waals surface area (Å²) in [7, 11) is 0. The van der Waals surface area contributed by atoms with Gasteiger partial charge in [0.15, 0.2) is 0 Å². The van der Waals surface area contributed by atoms with E-state index in [1.54, 1.807) is 12.1 Å². The van der Waals surface area contributed by atoms with E-state index in [9.17, 15) is 13.2 Å². The number of anilines is 1. The van der Waals surface area contributed by atoms with Crippen LogP contribution in [0, 0.1) is 6.92 Å². The number of rotatable bonds is 3. The van der Waals surface area contributed by atoms with E-state index in [1.165, 1.54) is 6.92 Å². The van der Waals surface area contributed by atoms with Crippen LogP contribution in [0.2, 0.25) is 0 Å². The quantitative estimate of drug-likeness (QED) is 0.661. The Morgan fingerprint density at radius 3 is 2.38 bits per heavy atom. The summed E-state index contributed by atoms with van der Waals surface area (Å²) in [5.74, 6) is 0. The number of nitrogens with one attached hydrogen (secondary N) is 1. The summed E-state index contributed by atoms with van der Waals surface area (Å²) in [6.07, 6.45) is -3.67. The van der Waals surface area contributed by atoms with Gasteiger partial charge in [0.1, 0.15) is 5.69 Å². The SMILES string of the molecule is CCCNc1c(C)c(C(F)(F)F)nc2c(Br)ccc(Br)c12. The Bertz CT molecular complexity index is 684. The van der Waals surface area contributed by atoms with E-state index in [0.717, 1.165) is 6.42 Å². The predicted molar refractivity (Wildman–Crippen MR) is 85.7 cm³/mol. The molecule has 0 unspecified atom stereocenters. The second-order valence-corrected chi connectivity index (χ2v) is 6.35. The number of alkyl halides is 3. The van der Waals surface area contributed by atoms with Crippen molar-refractivity contribution in [3.63, 3.8) is 0 Å². The number of hydrogen-bond donors (Lipinski definition) is 1. The number of halogens is 5. The first kappa shape index (κ1) is 16.5. The molecule has 0 radical (unpaired) electrons. The summed E-state index contributed by atoms with van der Waals surface area (Å²) in [5.41, 5.74) is 0.0258. The molecule has 0 saturated carbocycles. The fraction of sp³-hybridized carbons (Fsp3) is 0.357. The van der Waals surface area contributed by atoms with Crippen molar-refractivity contribution in [2.24, 2.45) is 0 Å². The van der Waals surface area contributed by atoms with Crippen LogP contribution in [0.25, 0.3) is 10.9 Å². The molecule has 1 N–H and O–H groups in total. The Morgan fingerprint density at radius 1 is 1.19 bits per heavy atom. The monoisotopic (exact) mass is 424 g/mol. The Balaban J connectivity index is 2.86. The Morgan fingerprint density at radius 2 is 1.81 bits per heavy atom. The van der Waals surface area contributed by atoms with Gasteiger partial charge < -0.3 is 5.32 Å². The van der Waals surface area contributed by atoms with E-state index in [4.69, 9.17) is 0 Å². The lowest BCUT2D eigenvalue weighted by molar-refractivity contribution is -0.141. The zero-order chi connectivity index (χ0) is 15.8. The third-order valence-corrected chi connectivity index (χ3v) is 4.40. The highest BCUT2D eigenvalue weighted by molar-refractivity contribution is 9.11. The topological polar surface area (TPSA) is 24.9 Å². The first-order valence-corrected chi connectivity index (χ1v) is 7.95. The molecular formula is C14H13Br2F3N2. The van der Waals surface area contributed by atoms with Crippen molar-refractivity contribution in [3.05, 3.63) is 32.3 Å². The fourth-order valence-corrected chi connectivity index (χ4v) is 3.07. The number of fused-ring (bicyclic) bond motifs is 1. The first-order chi connectivity index (χ1) is 9.77. The maximum absolute atomic E-state index is 13.2. The number of benzene rings is 1. The molecule has 2 aromatic rings. The third kappa shape index (κ3) is 3.18. The molecule has 0 aliphatic rings. The van der Waals surface area contributed by atoms with Gasteiger partial charge in [0.2, 0.25) is 0 Å². The molecule has 0 amide bonds. The Hall–Kier alpha value is -0.820. The molecule has 21 heavy (non-hydrogen) atoms. The summed E-state index contributed by atoms with van der Waals surface area (Å²) in [6.45, 7) is 4.00. The largest absolute Gasteiger partial charge is 0.433 e. The molecule has 0 atom stereocenters. The van der Waals surface area contributed by atoms with Gasteiger partial charge in [-0.3, -0.25) is 0 Å². The van der Waals surface area contributed by atoms with Crippen molar-refractivity contribution in [3.8, 4) is 0 Å². The Kier molecular flexibility index (Phi) is 4.82. The summed E-state index contributed by atoms with van der Waals surface area (Å²) < 4.78 is 40.8. The summed E-state index contributed by atoms with van der Waals surface area (Å²) in [5, 5.41) is 3.75. The molecule has 0 spiro atoms. The molecule has 0 aliphatic carbocycles. The number of nitrogens with zero attached hydrogens (tertiary/aromatic N) is 1. The minimum Gasteiger partial charge on any atom is -0.384 e. The molecule has 2 nitrogen and oxygen atoms in total. The van der Waals surface area contributed by atoms with Gasteiger partial charge in [-0.05, 0) is 41.4 Å². The van der Waals surface area contributed by atoms with Crippen LogP contribution in [-0.4, -0.2) is 11.5 Å². The second kappa shape index (κ2) is 6.12. The van der Waals surface area contributed by atoms with Crippen molar-refractivity contribution in [1.29, 1.82) is 0 Å². The molecule has 1 aromatic heterocycles. The number of hydrogen-bond acceptors (Lipinski definition) is 2. The van der Waals surface area contributed by atoms with E-state index in [-0.39, 0.29) is 5.56 Å². The minimum atomic E-state index is -4.48. The molecule has 2 rings (SSSR count). The van der Waals surface area contributed by atoms with Gasteiger partial charge in [0.05, 0.1) is 5.52 Å². The zero-order valence-electron chi connectivity index (χ0n) is 11.4. The van der Waals surface area contributed by atoms with Crippen molar-refractivity contribution in [1.82, 2.24) is 4.98 Å². The molecule has 0 aliphatic heterocycles. The van der Waals surface area contributed by atoms with E-state index < -0.39 is 11.9 Å². The lowest BCUT2D eigenvalue weighted by Gasteiger charge is -2.18. The highest BCUT2D eigenvalue weighted by Crippen LogP contribution is 2.41. The summed E-state index contributed by atoms with van der Waals surface area (Å²) in [6, 6.07) is 3.47. The molecule has 7 heteroatoms. The molecule has 114 valence electrons. The van der Waals surface area contributed by atoms with Gasteiger partial charge >= 0.3 is 6.18 Å². The van der Waals surface area contributed by atoms with Gasteiger partial charge in [0, 0.05) is 32.1 Å². The van der Waals surface area contributed by atoms with Crippen LogP contribution in [0.3, 0.4) is 0 Å². The van der Waals surface area contributed by atoms with E-state index in [0.29, 0.717) is 32.1 Å². The van der Waals surface area contributed by atoms with E-state index in [1.807, 2.05) is 6.92 Å². The molecule has 0 fully saturated rings. The lowest BCUT2D eigenvalue weighted by Crippen LogP contribution is -2.14. The van der Waals surface area contributed by atoms with Crippen LogP contribution < -0.4 is 5.32 Å². The van der Waals surface area contributed by atoms with Crippen molar-refractivity contribution in [2.75, 3.05) is 11.9 Å². The molecule has 1 heterocycles. The van der Waals surface area contributed by atoms with Crippen molar-refractivity contribution in [2.45, 2.75) is 26.4 Å². The van der Waals surface area contributed by atoms with E-state index >= 15 is 0 Å². The average molecular weight is 426 g/mol. The maximum atomic E-state index is 13.2. The van der Waals surface area contributed by atoms with Crippen LogP contribution in [0.4, 0.5) is 18.9 Å².